The fourth-order valence-corrected chi connectivity index (χ4v) is 1.41. The molecule has 3 nitrogen and oxygen atoms in total. The van der Waals surface area contributed by atoms with E-state index in [4.69, 9.17) is 0 Å². The average Bonchev–Trinajstić information content (AvgIpc) is 2.51. The fraction of sp³-hybridized carbons (Fsp3) is 0.688. The van der Waals surface area contributed by atoms with Gasteiger partial charge in [-0.25, -0.2) is 0 Å². The van der Waals surface area contributed by atoms with Gasteiger partial charge in [0.25, 0.3) is 0 Å². The first-order valence-corrected chi connectivity index (χ1v) is 6.43. The van der Waals surface area contributed by atoms with Crippen LogP contribution in [0.3, 0.4) is 0 Å². The summed E-state index contributed by atoms with van der Waals surface area (Å²) in [6.45, 7) is 11.0. The minimum atomic E-state index is 0. The summed E-state index contributed by atoms with van der Waals surface area (Å²) in [4.78, 5) is 0. The van der Waals surface area contributed by atoms with Crippen LogP contribution in [-0.4, -0.2) is 42.3 Å². The Bertz CT molecular complexity index is 222. The predicted molar refractivity (Wildman–Crippen MR) is 91.3 cm³/mol. The van der Waals surface area contributed by atoms with Gasteiger partial charge in [-0.3, -0.25) is 0 Å². The van der Waals surface area contributed by atoms with E-state index in [9.17, 15) is 0 Å². The van der Waals surface area contributed by atoms with Crippen LogP contribution in [0.1, 0.15) is 27.8 Å². The van der Waals surface area contributed by atoms with E-state index < -0.39 is 0 Å². The molecule has 0 fully saturated rings. The molecular weight excluding hydrogens is 325 g/mol. The molecule has 0 atom stereocenters. The molecule has 0 aromatic heterocycles. The molecule has 0 aliphatic carbocycles. The Morgan fingerprint density at radius 1 is 0.600 bits per heavy atom. The first-order chi connectivity index (χ1) is 8.80. The average molecular weight is 359 g/mol. The molecule has 0 saturated heterocycles. The Balaban J connectivity index is -0.000000108. The SMILES string of the molecule is C[N-]C.C[N-]C.C[N-]C.Cc1c(C)c(C)[c-](C)c1C.[Zr+4]. The van der Waals surface area contributed by atoms with Crippen molar-refractivity contribution >= 4 is 0 Å². The van der Waals surface area contributed by atoms with E-state index in [0.29, 0.717) is 0 Å². The van der Waals surface area contributed by atoms with Crippen LogP contribution in [0.5, 0.6) is 0 Å². The molecular formula is C16H33N3Zr. The zero-order valence-corrected chi connectivity index (χ0v) is 17.8. The minimum Gasteiger partial charge on any atom is -0.668 e. The maximum atomic E-state index is 3.50. The van der Waals surface area contributed by atoms with Gasteiger partial charge in [0.15, 0.2) is 0 Å². The second-order valence-electron chi connectivity index (χ2n) is 4.47. The van der Waals surface area contributed by atoms with Gasteiger partial charge in [0.05, 0.1) is 0 Å². The zero-order chi connectivity index (χ0) is 16.0. The molecule has 0 saturated carbocycles. The quantitative estimate of drug-likeness (QED) is 0.598. The molecule has 0 radical (unpaired) electrons. The smallest absolute Gasteiger partial charge is 0.668 e. The molecule has 20 heavy (non-hydrogen) atoms. The zero-order valence-electron chi connectivity index (χ0n) is 15.3. The van der Waals surface area contributed by atoms with Crippen molar-refractivity contribution in [1.82, 2.24) is 0 Å². The van der Waals surface area contributed by atoms with Crippen LogP contribution in [0.4, 0.5) is 0 Å². The van der Waals surface area contributed by atoms with Gasteiger partial charge in [0.2, 0.25) is 0 Å². The third-order valence-electron chi connectivity index (χ3n) is 2.81. The standard InChI is InChI=1S/C10H15.3C2H6N.Zr/c1-6-7(2)9(4)10(5)8(6)3;3*1-3-2;/h1-5H3;3*1-2H3;/q4*-1;+4. The van der Waals surface area contributed by atoms with E-state index in [1.807, 2.05) is 0 Å². The van der Waals surface area contributed by atoms with Crippen LogP contribution < -0.4 is 0 Å². The van der Waals surface area contributed by atoms with Gasteiger partial charge in [0.1, 0.15) is 0 Å². The van der Waals surface area contributed by atoms with Gasteiger partial charge >= 0.3 is 26.2 Å². The molecule has 0 heterocycles. The van der Waals surface area contributed by atoms with Crippen molar-refractivity contribution in [2.45, 2.75) is 34.6 Å². The summed E-state index contributed by atoms with van der Waals surface area (Å²) in [5.41, 5.74) is 7.34. The summed E-state index contributed by atoms with van der Waals surface area (Å²) in [5, 5.41) is 10.5. The largest absolute Gasteiger partial charge is 4.00 e. The molecule has 0 spiro atoms. The normalized spacial score (nSPS) is 7.95. The Morgan fingerprint density at radius 2 is 0.750 bits per heavy atom. The second-order valence-corrected chi connectivity index (χ2v) is 4.47. The van der Waals surface area contributed by atoms with Gasteiger partial charge in [-0.15, -0.1) is 0 Å². The van der Waals surface area contributed by atoms with Gasteiger partial charge in [-0.05, 0) is 0 Å². The van der Waals surface area contributed by atoms with Crippen molar-refractivity contribution in [3.05, 3.63) is 43.8 Å². The van der Waals surface area contributed by atoms with Crippen LogP contribution in [0.15, 0.2) is 0 Å². The van der Waals surface area contributed by atoms with Crippen LogP contribution in [0.2, 0.25) is 0 Å². The Kier molecular flexibility index (Phi) is 27.0. The predicted octanol–water partition coefficient (Wildman–Crippen LogP) is 4.80. The van der Waals surface area contributed by atoms with E-state index in [2.05, 4.69) is 50.6 Å². The molecule has 0 amide bonds. The van der Waals surface area contributed by atoms with Crippen LogP contribution in [-0.2, 0) is 26.2 Å². The van der Waals surface area contributed by atoms with E-state index >= 15 is 0 Å². The van der Waals surface area contributed by atoms with E-state index in [1.165, 1.54) is 27.8 Å². The van der Waals surface area contributed by atoms with Crippen molar-refractivity contribution in [3.8, 4) is 0 Å². The fourth-order valence-electron chi connectivity index (χ4n) is 1.41. The maximum Gasteiger partial charge on any atom is 4.00 e. The molecule has 0 bridgehead atoms. The van der Waals surface area contributed by atoms with E-state index in [0.717, 1.165) is 0 Å². The van der Waals surface area contributed by atoms with Gasteiger partial charge < -0.3 is 16.0 Å². The number of hydrogen-bond acceptors (Lipinski definition) is 0. The molecule has 116 valence electrons. The topological polar surface area (TPSA) is 42.3 Å². The van der Waals surface area contributed by atoms with Crippen molar-refractivity contribution in [2.24, 2.45) is 0 Å². The first kappa shape index (κ1) is 28.3. The molecule has 0 aliphatic heterocycles. The van der Waals surface area contributed by atoms with Crippen LogP contribution in [0.25, 0.3) is 16.0 Å². The van der Waals surface area contributed by atoms with Crippen molar-refractivity contribution in [3.63, 3.8) is 0 Å². The molecule has 0 unspecified atom stereocenters. The molecule has 1 aromatic rings. The maximum absolute atomic E-state index is 3.50. The first-order valence-electron chi connectivity index (χ1n) is 6.43. The summed E-state index contributed by atoms with van der Waals surface area (Å²) in [6.07, 6.45) is 0. The Labute approximate surface area is 146 Å². The molecule has 1 rings (SSSR count). The van der Waals surface area contributed by atoms with Gasteiger partial charge in [-0.1, -0.05) is 34.6 Å². The monoisotopic (exact) mass is 357 g/mol. The Hall–Kier alpha value is 0.113. The second kappa shape index (κ2) is 19.1. The number of rotatable bonds is 0. The molecule has 0 aliphatic rings. The third-order valence-corrected chi connectivity index (χ3v) is 2.81. The summed E-state index contributed by atoms with van der Waals surface area (Å²) >= 11 is 0. The Morgan fingerprint density at radius 3 is 0.800 bits per heavy atom. The van der Waals surface area contributed by atoms with Crippen LogP contribution >= 0.6 is 0 Å². The molecule has 0 N–H and O–H groups in total. The third kappa shape index (κ3) is 13.1. The van der Waals surface area contributed by atoms with Crippen molar-refractivity contribution in [2.75, 3.05) is 42.3 Å². The number of hydrogen-bond donors (Lipinski definition) is 0. The van der Waals surface area contributed by atoms with Crippen LogP contribution in [0, 0.1) is 34.6 Å². The van der Waals surface area contributed by atoms with Gasteiger partial charge in [-0.2, -0.15) is 70.1 Å². The number of nitrogens with zero attached hydrogens (tertiary/aromatic N) is 3. The van der Waals surface area contributed by atoms with Crippen molar-refractivity contribution in [1.29, 1.82) is 0 Å². The summed E-state index contributed by atoms with van der Waals surface area (Å²) in [7, 11) is 10.5. The summed E-state index contributed by atoms with van der Waals surface area (Å²) in [5.74, 6) is 0. The molecule has 1 aromatic carbocycles. The molecule has 4 heteroatoms. The summed E-state index contributed by atoms with van der Waals surface area (Å²) in [6, 6.07) is 0. The van der Waals surface area contributed by atoms with E-state index in [-0.39, 0.29) is 26.2 Å². The minimum absolute atomic E-state index is 0. The van der Waals surface area contributed by atoms with E-state index in [1.54, 1.807) is 42.3 Å². The van der Waals surface area contributed by atoms with Crippen molar-refractivity contribution < 1.29 is 26.2 Å². The summed E-state index contributed by atoms with van der Waals surface area (Å²) < 4.78 is 0. The van der Waals surface area contributed by atoms with Gasteiger partial charge in [0, 0.05) is 0 Å².